The first-order valence-electron chi connectivity index (χ1n) is 10.9. The van der Waals surface area contributed by atoms with Crippen molar-refractivity contribution in [1.29, 1.82) is 0 Å². The first kappa shape index (κ1) is 33.8. The zero-order valence-electron chi connectivity index (χ0n) is 20.7. The van der Waals surface area contributed by atoms with Crippen molar-refractivity contribution >= 4 is 23.9 Å². The normalized spacial score (nSPS) is 10.1. The molecule has 0 aliphatic carbocycles. The largest absolute Gasteiger partial charge is 0.421 e. The Labute approximate surface area is 220 Å². The van der Waals surface area contributed by atoms with Gasteiger partial charge < -0.3 is 20.1 Å². The van der Waals surface area contributed by atoms with Crippen LogP contribution in [0.3, 0.4) is 0 Å². The Bertz CT molecular complexity index is 694. The smallest absolute Gasteiger partial charge is 0.285 e. The molecule has 4 N–H and O–H groups in total. The molecule has 0 unspecified atom stereocenters. The summed E-state index contributed by atoms with van der Waals surface area (Å²) >= 11 is 0. The summed E-state index contributed by atoms with van der Waals surface area (Å²) in [7, 11) is -2.88. The third-order valence-electron chi connectivity index (χ3n) is 3.57. The van der Waals surface area contributed by atoms with Crippen molar-refractivity contribution in [2.45, 2.75) is 59.9 Å². The van der Waals surface area contributed by atoms with E-state index in [1.807, 2.05) is 91.0 Å². The Hall–Kier alpha value is -1.40. The van der Waals surface area contributed by atoms with Gasteiger partial charge in [0.05, 0.1) is 0 Å². The standard InChI is InChI=1S/C18H16OSi.3C3H8O.Zr/c19-20(16-10-4-1-5-11-16,17-12-6-2-7-13-17)18-14-8-3-9-15-18;3*1-3(2)4;/h1-15,19H;3*3-4H,1-2H3;. The van der Waals surface area contributed by atoms with Crippen LogP contribution in [-0.4, -0.2) is 46.7 Å². The first-order valence-corrected chi connectivity index (χ1v) is 12.9. The molecule has 33 heavy (non-hydrogen) atoms. The maximum absolute atomic E-state index is 11.6. The first-order chi connectivity index (χ1) is 15.0. The molecule has 0 saturated carbocycles. The van der Waals surface area contributed by atoms with E-state index in [0.717, 1.165) is 15.6 Å². The minimum absolute atomic E-state index is 0. The van der Waals surface area contributed by atoms with Crippen LogP contribution in [0.5, 0.6) is 0 Å². The van der Waals surface area contributed by atoms with Crippen molar-refractivity contribution in [1.82, 2.24) is 0 Å². The van der Waals surface area contributed by atoms with Crippen LogP contribution in [0.4, 0.5) is 0 Å². The van der Waals surface area contributed by atoms with E-state index in [2.05, 4.69) is 0 Å². The van der Waals surface area contributed by atoms with Crippen LogP contribution in [0.2, 0.25) is 0 Å². The molecular weight excluding hydrogens is 508 g/mol. The number of aliphatic hydroxyl groups excluding tert-OH is 3. The van der Waals surface area contributed by atoms with Gasteiger partial charge in [-0.05, 0) is 57.1 Å². The molecule has 6 heteroatoms. The molecule has 0 aromatic heterocycles. The van der Waals surface area contributed by atoms with Gasteiger partial charge in [-0.1, -0.05) is 91.0 Å². The van der Waals surface area contributed by atoms with Crippen LogP contribution in [0.1, 0.15) is 41.5 Å². The molecule has 0 amide bonds. The van der Waals surface area contributed by atoms with E-state index in [1.165, 1.54) is 0 Å². The molecule has 0 bridgehead atoms. The van der Waals surface area contributed by atoms with Crippen LogP contribution >= 0.6 is 0 Å². The summed E-state index contributed by atoms with van der Waals surface area (Å²) in [6.07, 6.45) is -0.500. The maximum atomic E-state index is 11.6. The van der Waals surface area contributed by atoms with Gasteiger partial charge in [0.15, 0.2) is 0 Å². The van der Waals surface area contributed by atoms with E-state index in [0.29, 0.717) is 0 Å². The SMILES string of the molecule is CC(C)O.CC(C)O.CC(C)O.O[Si](c1ccccc1)(c1ccccc1)c1ccccc1.[Zr]. The van der Waals surface area contributed by atoms with E-state index in [4.69, 9.17) is 15.3 Å². The fraction of sp³-hybridized carbons (Fsp3) is 0.333. The van der Waals surface area contributed by atoms with Crippen molar-refractivity contribution in [3.8, 4) is 0 Å². The van der Waals surface area contributed by atoms with E-state index in [9.17, 15) is 4.80 Å². The summed E-state index contributed by atoms with van der Waals surface area (Å²) in [4.78, 5) is 11.6. The van der Waals surface area contributed by atoms with Crippen molar-refractivity contribution in [2.24, 2.45) is 0 Å². The summed E-state index contributed by atoms with van der Waals surface area (Å²) in [6.45, 7) is 10.3. The van der Waals surface area contributed by atoms with Crippen molar-refractivity contribution in [2.75, 3.05) is 0 Å². The quantitative estimate of drug-likeness (QED) is 0.300. The Balaban J connectivity index is 0. The van der Waals surface area contributed by atoms with Gasteiger partial charge in [0, 0.05) is 44.5 Å². The molecule has 0 aliphatic rings. The fourth-order valence-electron chi connectivity index (χ4n) is 2.54. The van der Waals surface area contributed by atoms with Gasteiger partial charge in [-0.3, -0.25) is 0 Å². The van der Waals surface area contributed by atoms with Gasteiger partial charge >= 0.3 is 0 Å². The summed E-state index contributed by atoms with van der Waals surface area (Å²) < 4.78 is 0. The molecule has 0 radical (unpaired) electrons. The van der Waals surface area contributed by atoms with Crippen molar-refractivity contribution in [3.05, 3.63) is 91.0 Å². The second-order valence-corrected chi connectivity index (χ2v) is 11.2. The van der Waals surface area contributed by atoms with Crippen LogP contribution in [-0.2, 0) is 26.2 Å². The Morgan fingerprint density at radius 1 is 0.455 bits per heavy atom. The zero-order valence-corrected chi connectivity index (χ0v) is 24.1. The molecule has 3 aromatic carbocycles. The average Bonchev–Trinajstić information content (AvgIpc) is 2.74. The topological polar surface area (TPSA) is 80.9 Å². The predicted octanol–water partition coefficient (Wildman–Crippen LogP) is 2.80. The molecule has 0 spiro atoms. The minimum atomic E-state index is -2.88. The third kappa shape index (κ3) is 15.2. The van der Waals surface area contributed by atoms with E-state index in [1.54, 1.807) is 41.5 Å². The van der Waals surface area contributed by atoms with E-state index < -0.39 is 8.32 Å². The Morgan fingerprint density at radius 3 is 0.758 bits per heavy atom. The fourth-order valence-corrected chi connectivity index (χ4v) is 5.56. The van der Waals surface area contributed by atoms with Gasteiger partial charge in [-0.2, -0.15) is 0 Å². The van der Waals surface area contributed by atoms with Crippen molar-refractivity contribution < 1.29 is 46.3 Å². The molecular formula is C27H40O4SiZr. The maximum Gasteiger partial charge on any atom is 0.285 e. The van der Waals surface area contributed by atoms with Gasteiger partial charge in [-0.15, -0.1) is 0 Å². The number of rotatable bonds is 3. The predicted molar refractivity (Wildman–Crippen MR) is 138 cm³/mol. The number of hydrogen-bond acceptors (Lipinski definition) is 4. The second kappa shape index (κ2) is 19.0. The van der Waals surface area contributed by atoms with E-state index >= 15 is 0 Å². The summed E-state index contributed by atoms with van der Waals surface area (Å²) in [5.74, 6) is 0. The van der Waals surface area contributed by atoms with Gasteiger partial charge in [0.25, 0.3) is 8.32 Å². The second-order valence-electron chi connectivity index (χ2n) is 8.09. The Kier molecular flexibility index (Phi) is 19.4. The molecule has 0 atom stereocenters. The third-order valence-corrected chi connectivity index (χ3v) is 7.08. The van der Waals surface area contributed by atoms with Crippen LogP contribution < -0.4 is 15.6 Å². The monoisotopic (exact) mass is 546 g/mol. The van der Waals surface area contributed by atoms with Crippen LogP contribution in [0.25, 0.3) is 0 Å². The summed E-state index contributed by atoms with van der Waals surface area (Å²) in [6, 6.07) is 30.0. The van der Waals surface area contributed by atoms with Gasteiger partial charge in [0.2, 0.25) is 0 Å². The van der Waals surface area contributed by atoms with Gasteiger partial charge in [0.1, 0.15) is 0 Å². The molecule has 4 nitrogen and oxygen atoms in total. The molecule has 180 valence electrons. The number of hydrogen-bond donors (Lipinski definition) is 4. The summed E-state index contributed by atoms with van der Waals surface area (Å²) in [5.41, 5.74) is 0. The molecule has 0 saturated heterocycles. The number of aliphatic hydroxyl groups is 3. The van der Waals surface area contributed by atoms with Crippen LogP contribution in [0, 0.1) is 0 Å². The zero-order chi connectivity index (χ0) is 24.6. The molecule has 0 heterocycles. The minimum Gasteiger partial charge on any atom is -0.421 e. The summed E-state index contributed by atoms with van der Waals surface area (Å²) in [5, 5.41) is 27.2. The molecule has 0 aliphatic heterocycles. The van der Waals surface area contributed by atoms with E-state index in [-0.39, 0.29) is 44.5 Å². The molecule has 0 fully saturated rings. The molecule has 3 aromatic rings. The van der Waals surface area contributed by atoms with Crippen LogP contribution in [0.15, 0.2) is 91.0 Å². The van der Waals surface area contributed by atoms with Gasteiger partial charge in [-0.25, -0.2) is 0 Å². The molecule has 3 rings (SSSR count). The Morgan fingerprint density at radius 2 is 0.606 bits per heavy atom. The average molecular weight is 548 g/mol. The number of benzene rings is 3. The van der Waals surface area contributed by atoms with Crippen molar-refractivity contribution in [3.63, 3.8) is 0 Å².